The third-order valence-corrected chi connectivity index (χ3v) is 3.49. The summed E-state index contributed by atoms with van der Waals surface area (Å²) in [6.07, 6.45) is 0. The summed E-state index contributed by atoms with van der Waals surface area (Å²) in [6.45, 7) is 0.757. The van der Waals surface area contributed by atoms with E-state index < -0.39 is 0 Å². The fourth-order valence-electron chi connectivity index (χ4n) is 2.18. The largest absolute Gasteiger partial charge is 0.497 e. The first-order chi connectivity index (χ1) is 9.28. The van der Waals surface area contributed by atoms with Gasteiger partial charge in [-0.15, -0.1) is 0 Å². The lowest BCUT2D eigenvalue weighted by atomic mass is 10.2. The molecule has 3 nitrogen and oxygen atoms in total. The van der Waals surface area contributed by atoms with E-state index in [9.17, 15) is 0 Å². The van der Waals surface area contributed by atoms with Crippen LogP contribution in [-0.2, 0) is 6.54 Å². The molecule has 2 aromatic carbocycles. The quantitative estimate of drug-likeness (QED) is 0.734. The lowest BCUT2D eigenvalue weighted by Gasteiger charge is -2.06. The summed E-state index contributed by atoms with van der Waals surface area (Å²) in [6, 6.07) is 16.2. The highest BCUT2D eigenvalue weighted by molar-refractivity contribution is 7.71. The van der Waals surface area contributed by atoms with Gasteiger partial charge >= 0.3 is 0 Å². The average molecular weight is 270 g/mol. The number of aromatic nitrogens is 2. The van der Waals surface area contributed by atoms with Crippen LogP contribution in [0.15, 0.2) is 48.5 Å². The first-order valence-corrected chi connectivity index (χ1v) is 6.49. The van der Waals surface area contributed by atoms with Crippen LogP contribution >= 0.6 is 12.2 Å². The maximum Gasteiger partial charge on any atom is 0.178 e. The molecule has 96 valence electrons. The molecule has 0 spiro atoms. The molecule has 3 rings (SSSR count). The molecule has 0 amide bonds. The summed E-state index contributed by atoms with van der Waals surface area (Å²) in [5, 5.41) is 0. The molecule has 1 aromatic heterocycles. The van der Waals surface area contributed by atoms with E-state index in [1.54, 1.807) is 7.11 Å². The van der Waals surface area contributed by atoms with Gasteiger partial charge in [-0.25, -0.2) is 0 Å². The van der Waals surface area contributed by atoms with Gasteiger partial charge in [-0.1, -0.05) is 30.3 Å². The van der Waals surface area contributed by atoms with Crippen LogP contribution in [0, 0.1) is 4.77 Å². The SMILES string of the molecule is COc1ccc2[nH]c(=S)n(Cc3ccccc3)c2c1. The van der Waals surface area contributed by atoms with Gasteiger partial charge in [-0.2, -0.15) is 0 Å². The number of hydrogen-bond donors (Lipinski definition) is 1. The van der Waals surface area contributed by atoms with Crippen molar-refractivity contribution in [3.63, 3.8) is 0 Å². The second-order valence-electron chi connectivity index (χ2n) is 4.38. The molecule has 0 bridgehead atoms. The summed E-state index contributed by atoms with van der Waals surface area (Å²) in [5.74, 6) is 0.836. The number of nitrogens with zero attached hydrogens (tertiary/aromatic N) is 1. The van der Waals surface area contributed by atoms with E-state index >= 15 is 0 Å². The zero-order chi connectivity index (χ0) is 13.2. The summed E-state index contributed by atoms with van der Waals surface area (Å²) >= 11 is 5.40. The van der Waals surface area contributed by atoms with E-state index in [0.717, 1.165) is 28.1 Å². The Kier molecular flexibility index (Phi) is 3.09. The van der Waals surface area contributed by atoms with Crippen molar-refractivity contribution in [2.24, 2.45) is 0 Å². The Morgan fingerprint density at radius 3 is 2.68 bits per heavy atom. The molecule has 0 aliphatic rings. The highest BCUT2D eigenvalue weighted by Gasteiger charge is 2.06. The minimum atomic E-state index is 0.729. The number of rotatable bonds is 3. The van der Waals surface area contributed by atoms with Gasteiger partial charge in [0.25, 0.3) is 0 Å². The van der Waals surface area contributed by atoms with Gasteiger partial charge in [0.15, 0.2) is 4.77 Å². The van der Waals surface area contributed by atoms with Crippen LogP contribution in [0.5, 0.6) is 5.75 Å². The zero-order valence-corrected chi connectivity index (χ0v) is 11.4. The van der Waals surface area contributed by atoms with Crippen molar-refractivity contribution in [3.05, 3.63) is 58.9 Å². The Morgan fingerprint density at radius 2 is 1.95 bits per heavy atom. The molecule has 0 aliphatic carbocycles. The maximum absolute atomic E-state index is 5.40. The van der Waals surface area contributed by atoms with Crippen LogP contribution in [0.25, 0.3) is 11.0 Å². The molecule has 0 saturated heterocycles. The zero-order valence-electron chi connectivity index (χ0n) is 10.6. The van der Waals surface area contributed by atoms with Crippen molar-refractivity contribution in [3.8, 4) is 5.75 Å². The number of aromatic amines is 1. The number of ether oxygens (including phenoxy) is 1. The lowest BCUT2D eigenvalue weighted by Crippen LogP contribution is -1.99. The van der Waals surface area contributed by atoms with Crippen molar-refractivity contribution in [2.75, 3.05) is 7.11 Å². The first-order valence-electron chi connectivity index (χ1n) is 6.08. The van der Waals surface area contributed by atoms with Crippen LogP contribution in [0.3, 0.4) is 0 Å². The molecular formula is C15H14N2OS. The van der Waals surface area contributed by atoms with Gasteiger partial charge < -0.3 is 14.3 Å². The van der Waals surface area contributed by atoms with Crippen molar-refractivity contribution in [1.82, 2.24) is 9.55 Å². The molecule has 1 N–H and O–H groups in total. The highest BCUT2D eigenvalue weighted by atomic mass is 32.1. The fraction of sp³-hybridized carbons (Fsp3) is 0.133. The van der Waals surface area contributed by atoms with E-state index in [1.807, 2.05) is 36.4 Å². The van der Waals surface area contributed by atoms with E-state index in [1.165, 1.54) is 5.56 Å². The number of methoxy groups -OCH3 is 1. The predicted octanol–water partition coefficient (Wildman–Crippen LogP) is 3.76. The molecule has 19 heavy (non-hydrogen) atoms. The molecule has 1 heterocycles. The van der Waals surface area contributed by atoms with Crippen molar-refractivity contribution < 1.29 is 4.74 Å². The summed E-state index contributed by atoms with van der Waals surface area (Å²) in [5.41, 5.74) is 3.32. The van der Waals surface area contributed by atoms with Crippen LogP contribution in [0.4, 0.5) is 0 Å². The van der Waals surface area contributed by atoms with Gasteiger partial charge in [-0.05, 0) is 29.9 Å². The van der Waals surface area contributed by atoms with Crippen molar-refractivity contribution in [1.29, 1.82) is 0 Å². The smallest absolute Gasteiger partial charge is 0.178 e. The van der Waals surface area contributed by atoms with Crippen LogP contribution in [0.2, 0.25) is 0 Å². The van der Waals surface area contributed by atoms with E-state index in [-0.39, 0.29) is 0 Å². The Labute approximate surface area is 116 Å². The third kappa shape index (κ3) is 2.27. The lowest BCUT2D eigenvalue weighted by molar-refractivity contribution is 0.415. The van der Waals surface area contributed by atoms with E-state index in [0.29, 0.717) is 0 Å². The summed E-state index contributed by atoms with van der Waals surface area (Å²) < 4.78 is 8.09. The van der Waals surface area contributed by atoms with Crippen LogP contribution < -0.4 is 4.74 Å². The topological polar surface area (TPSA) is 29.9 Å². The second-order valence-corrected chi connectivity index (χ2v) is 4.77. The monoisotopic (exact) mass is 270 g/mol. The normalized spacial score (nSPS) is 10.8. The number of imidazole rings is 1. The number of nitrogens with one attached hydrogen (secondary N) is 1. The molecular weight excluding hydrogens is 256 g/mol. The van der Waals surface area contributed by atoms with Gasteiger partial charge in [0.1, 0.15) is 5.75 Å². The molecule has 3 aromatic rings. The Morgan fingerprint density at radius 1 is 1.16 bits per heavy atom. The molecule has 0 unspecified atom stereocenters. The minimum absolute atomic E-state index is 0.729. The van der Waals surface area contributed by atoms with Crippen LogP contribution in [-0.4, -0.2) is 16.7 Å². The third-order valence-electron chi connectivity index (χ3n) is 3.17. The predicted molar refractivity (Wildman–Crippen MR) is 79.2 cm³/mol. The van der Waals surface area contributed by atoms with Gasteiger partial charge in [0, 0.05) is 6.07 Å². The Balaban J connectivity index is 2.12. The first kappa shape index (κ1) is 12.0. The molecule has 0 aliphatic heterocycles. The fourth-order valence-corrected chi connectivity index (χ4v) is 2.46. The summed E-state index contributed by atoms with van der Waals surface area (Å²) in [4.78, 5) is 3.22. The summed E-state index contributed by atoms with van der Waals surface area (Å²) in [7, 11) is 1.67. The molecule has 0 saturated carbocycles. The van der Waals surface area contributed by atoms with Gasteiger partial charge in [0.05, 0.1) is 24.7 Å². The maximum atomic E-state index is 5.40. The Hall–Kier alpha value is -2.07. The number of hydrogen-bond acceptors (Lipinski definition) is 2. The van der Waals surface area contributed by atoms with Crippen molar-refractivity contribution in [2.45, 2.75) is 6.54 Å². The molecule has 0 fully saturated rings. The molecule has 4 heteroatoms. The second kappa shape index (κ2) is 4.90. The molecule has 0 radical (unpaired) electrons. The molecule has 0 atom stereocenters. The van der Waals surface area contributed by atoms with Crippen LogP contribution in [0.1, 0.15) is 5.56 Å². The standard InChI is InChI=1S/C15H14N2OS/c1-18-12-7-8-13-14(9-12)17(15(19)16-13)10-11-5-3-2-4-6-11/h2-9H,10H2,1H3,(H,16,19). The van der Waals surface area contributed by atoms with E-state index in [4.69, 9.17) is 17.0 Å². The number of benzene rings is 2. The minimum Gasteiger partial charge on any atom is -0.497 e. The number of fused-ring (bicyclic) bond motifs is 1. The average Bonchev–Trinajstić information content (AvgIpc) is 2.76. The van der Waals surface area contributed by atoms with Gasteiger partial charge in [0.2, 0.25) is 0 Å². The Bertz CT molecular complexity index is 759. The highest BCUT2D eigenvalue weighted by Crippen LogP contribution is 2.21. The van der Waals surface area contributed by atoms with Crippen molar-refractivity contribution >= 4 is 23.3 Å². The number of H-pyrrole nitrogens is 1. The van der Waals surface area contributed by atoms with Gasteiger partial charge in [-0.3, -0.25) is 0 Å². The van der Waals surface area contributed by atoms with E-state index in [2.05, 4.69) is 21.7 Å².